The second-order valence-electron chi connectivity index (χ2n) is 6.55. The second-order valence-corrected chi connectivity index (χ2v) is 6.55. The molecule has 0 heterocycles. The number of carbonyl (C=O) groups is 1. The molecule has 0 aliphatic rings. The molecule has 0 atom stereocenters. The summed E-state index contributed by atoms with van der Waals surface area (Å²) in [5, 5.41) is 3.75. The minimum absolute atomic E-state index is 0.326. The van der Waals surface area contributed by atoms with Crippen LogP contribution in [0.3, 0.4) is 0 Å². The summed E-state index contributed by atoms with van der Waals surface area (Å²) in [6, 6.07) is 0. The molecule has 0 spiro atoms. The van der Waals surface area contributed by atoms with E-state index in [1.54, 1.807) is 0 Å². The molecule has 0 radical (unpaired) electrons. The van der Waals surface area contributed by atoms with Gasteiger partial charge >= 0.3 is 5.97 Å². The van der Waals surface area contributed by atoms with Crippen molar-refractivity contribution in [3.05, 3.63) is 0 Å². The van der Waals surface area contributed by atoms with E-state index in [2.05, 4.69) is 28.7 Å². The van der Waals surface area contributed by atoms with Gasteiger partial charge in [-0.1, -0.05) is 78.1 Å². The average molecular weight is 342 g/mol. The van der Waals surface area contributed by atoms with Crippen molar-refractivity contribution < 1.29 is 9.63 Å². The van der Waals surface area contributed by atoms with Crippen molar-refractivity contribution in [2.75, 3.05) is 13.1 Å². The van der Waals surface area contributed by atoms with Crippen LogP contribution in [0.4, 0.5) is 0 Å². The molecule has 5 nitrogen and oxygen atoms in total. The molecule has 24 heavy (non-hydrogen) atoms. The third-order valence-corrected chi connectivity index (χ3v) is 4.15. The molecule has 0 aromatic heterocycles. The normalized spacial score (nSPS) is 11.5. The number of nitrogens with two attached hydrogens (primary N) is 1. The summed E-state index contributed by atoms with van der Waals surface area (Å²) in [6.45, 7) is 7.57. The Bertz CT molecular complexity index is 317. The summed E-state index contributed by atoms with van der Waals surface area (Å²) in [5.74, 6) is -0.107. The van der Waals surface area contributed by atoms with Gasteiger partial charge in [0.25, 0.3) is 0 Å². The van der Waals surface area contributed by atoms with Crippen LogP contribution in [0.25, 0.3) is 0 Å². The summed E-state index contributed by atoms with van der Waals surface area (Å²) < 4.78 is 0. The first-order valence-corrected chi connectivity index (χ1v) is 9.87. The summed E-state index contributed by atoms with van der Waals surface area (Å²) in [7, 11) is 0. The standard InChI is InChI=1S/C19H39N3O2/c1-4-6-8-10-12-14-16-22(19(20)21-24-18(3)23)17-15-13-11-9-7-5-2/h4-17H2,1-3H3,(H2,20,21). The number of hydrogen-bond donors (Lipinski definition) is 1. The van der Waals surface area contributed by atoms with Gasteiger partial charge in [0.1, 0.15) is 0 Å². The van der Waals surface area contributed by atoms with Gasteiger partial charge in [0.2, 0.25) is 5.96 Å². The molecule has 0 saturated heterocycles. The first-order valence-electron chi connectivity index (χ1n) is 9.87. The van der Waals surface area contributed by atoms with Gasteiger partial charge in [-0.25, -0.2) is 4.79 Å². The Morgan fingerprint density at radius 1 is 0.833 bits per heavy atom. The maximum Gasteiger partial charge on any atom is 0.332 e. The molecule has 2 N–H and O–H groups in total. The van der Waals surface area contributed by atoms with Gasteiger partial charge in [-0.3, -0.25) is 0 Å². The maximum atomic E-state index is 10.9. The smallest absolute Gasteiger partial charge is 0.332 e. The lowest BCUT2D eigenvalue weighted by molar-refractivity contribution is -0.141. The molecule has 0 unspecified atom stereocenters. The maximum absolute atomic E-state index is 10.9. The van der Waals surface area contributed by atoms with E-state index in [9.17, 15) is 4.79 Å². The second kappa shape index (κ2) is 16.6. The largest absolute Gasteiger partial charge is 0.367 e. The molecule has 0 bridgehead atoms. The van der Waals surface area contributed by atoms with E-state index in [0.29, 0.717) is 5.96 Å². The molecular weight excluding hydrogens is 302 g/mol. The number of oxime groups is 1. The van der Waals surface area contributed by atoms with Crippen molar-refractivity contribution in [1.29, 1.82) is 0 Å². The highest BCUT2D eigenvalue weighted by Gasteiger charge is 2.09. The SMILES string of the molecule is CCCCCCCCN(CCCCCCCC)/C(N)=N/OC(C)=O. The van der Waals surface area contributed by atoms with Crippen LogP contribution in [0.15, 0.2) is 5.16 Å². The van der Waals surface area contributed by atoms with Crippen LogP contribution in [-0.4, -0.2) is 29.9 Å². The third kappa shape index (κ3) is 14.3. The predicted octanol–water partition coefficient (Wildman–Crippen LogP) is 4.80. The van der Waals surface area contributed by atoms with Gasteiger partial charge in [-0.2, -0.15) is 0 Å². The van der Waals surface area contributed by atoms with Gasteiger partial charge in [0.05, 0.1) is 0 Å². The van der Waals surface area contributed by atoms with E-state index >= 15 is 0 Å². The van der Waals surface area contributed by atoms with Crippen LogP contribution in [-0.2, 0) is 9.63 Å². The molecule has 142 valence electrons. The zero-order chi connectivity index (χ0) is 18.0. The number of hydrogen-bond acceptors (Lipinski definition) is 3. The lowest BCUT2D eigenvalue weighted by Gasteiger charge is -2.23. The fraction of sp³-hybridized carbons (Fsp3) is 0.895. The number of rotatable bonds is 15. The fourth-order valence-corrected chi connectivity index (χ4v) is 2.68. The highest BCUT2D eigenvalue weighted by Crippen LogP contribution is 2.09. The van der Waals surface area contributed by atoms with Gasteiger partial charge in [0.15, 0.2) is 0 Å². The zero-order valence-electron chi connectivity index (χ0n) is 16.2. The Labute approximate surface area is 149 Å². The monoisotopic (exact) mass is 341 g/mol. The minimum atomic E-state index is -0.433. The van der Waals surface area contributed by atoms with E-state index in [-0.39, 0.29) is 0 Å². The van der Waals surface area contributed by atoms with Crippen molar-refractivity contribution >= 4 is 11.9 Å². The van der Waals surface area contributed by atoms with Crippen molar-refractivity contribution in [2.24, 2.45) is 10.9 Å². The lowest BCUT2D eigenvalue weighted by Crippen LogP contribution is -2.39. The van der Waals surface area contributed by atoms with Crippen molar-refractivity contribution in [3.63, 3.8) is 0 Å². The van der Waals surface area contributed by atoms with Crippen molar-refractivity contribution in [3.8, 4) is 0 Å². The minimum Gasteiger partial charge on any atom is -0.367 e. The van der Waals surface area contributed by atoms with Crippen LogP contribution >= 0.6 is 0 Å². The van der Waals surface area contributed by atoms with Gasteiger partial charge < -0.3 is 15.5 Å². The summed E-state index contributed by atoms with van der Waals surface area (Å²) >= 11 is 0. The molecule has 0 aromatic rings. The van der Waals surface area contributed by atoms with Crippen LogP contribution in [0.1, 0.15) is 97.8 Å². The quantitative estimate of drug-likeness (QED) is 0.153. The lowest BCUT2D eigenvalue weighted by atomic mass is 10.1. The van der Waals surface area contributed by atoms with E-state index in [1.165, 1.54) is 71.1 Å². The Morgan fingerprint density at radius 2 is 1.25 bits per heavy atom. The number of unbranched alkanes of at least 4 members (excludes halogenated alkanes) is 10. The summed E-state index contributed by atoms with van der Waals surface area (Å²) in [4.78, 5) is 17.6. The molecule has 0 amide bonds. The van der Waals surface area contributed by atoms with Crippen LogP contribution in [0.5, 0.6) is 0 Å². The molecule has 0 aromatic carbocycles. The van der Waals surface area contributed by atoms with E-state index < -0.39 is 5.97 Å². The Kier molecular flexibility index (Phi) is 15.7. The Balaban J connectivity index is 4.13. The highest BCUT2D eigenvalue weighted by molar-refractivity contribution is 5.78. The molecule has 5 heteroatoms. The third-order valence-electron chi connectivity index (χ3n) is 4.15. The van der Waals surface area contributed by atoms with Gasteiger partial charge in [-0.05, 0) is 18.0 Å². The molecule has 0 aliphatic carbocycles. The number of guanidine groups is 1. The van der Waals surface area contributed by atoms with Gasteiger partial charge in [-0.15, -0.1) is 0 Å². The van der Waals surface area contributed by atoms with E-state index in [4.69, 9.17) is 5.73 Å². The average Bonchev–Trinajstić information content (AvgIpc) is 2.56. The van der Waals surface area contributed by atoms with Crippen molar-refractivity contribution in [2.45, 2.75) is 97.8 Å². The van der Waals surface area contributed by atoms with E-state index in [1.807, 2.05) is 0 Å². The zero-order valence-corrected chi connectivity index (χ0v) is 16.2. The predicted molar refractivity (Wildman–Crippen MR) is 102 cm³/mol. The topological polar surface area (TPSA) is 67.9 Å². The van der Waals surface area contributed by atoms with Crippen LogP contribution in [0, 0.1) is 0 Å². The molecular formula is C19H39N3O2. The Morgan fingerprint density at radius 3 is 1.67 bits per heavy atom. The summed E-state index contributed by atoms with van der Waals surface area (Å²) in [6.07, 6.45) is 15.0. The van der Waals surface area contributed by atoms with Gasteiger partial charge in [0, 0.05) is 20.0 Å². The fourth-order valence-electron chi connectivity index (χ4n) is 2.68. The summed E-state index contributed by atoms with van der Waals surface area (Å²) in [5.41, 5.74) is 5.99. The van der Waals surface area contributed by atoms with E-state index in [0.717, 1.165) is 25.9 Å². The Hall–Kier alpha value is -1.26. The van der Waals surface area contributed by atoms with Crippen LogP contribution < -0.4 is 5.73 Å². The highest BCUT2D eigenvalue weighted by atomic mass is 16.7. The number of nitrogens with zero attached hydrogens (tertiary/aromatic N) is 2. The molecule has 0 rings (SSSR count). The first-order chi connectivity index (χ1) is 11.6. The number of carbonyl (C=O) groups excluding carboxylic acids is 1. The molecule has 0 aliphatic heterocycles. The molecule has 0 fully saturated rings. The van der Waals surface area contributed by atoms with Crippen molar-refractivity contribution in [1.82, 2.24) is 4.90 Å². The first kappa shape index (κ1) is 22.7. The van der Waals surface area contributed by atoms with Crippen LogP contribution in [0.2, 0.25) is 0 Å². The molecule has 0 saturated carbocycles.